The van der Waals surface area contributed by atoms with Crippen LogP contribution in [0, 0.1) is 0 Å². The summed E-state index contributed by atoms with van der Waals surface area (Å²) in [5.41, 5.74) is 1.30. The number of nitrogens with zero attached hydrogens (tertiary/aromatic N) is 1. The molecule has 26 heavy (non-hydrogen) atoms. The van der Waals surface area contributed by atoms with E-state index < -0.39 is 5.97 Å². The fourth-order valence-electron chi connectivity index (χ4n) is 2.88. The molecule has 2 aromatic carbocycles. The Balaban J connectivity index is 2.38. The molecule has 1 heterocycles. The number of carbonyl (C=O) groups is 1. The molecule has 0 aliphatic rings. The van der Waals surface area contributed by atoms with E-state index >= 15 is 0 Å². The van der Waals surface area contributed by atoms with Crippen LogP contribution in [0.2, 0.25) is 0 Å². The van der Waals surface area contributed by atoms with Crippen molar-refractivity contribution in [2.75, 3.05) is 14.2 Å². The molecule has 0 saturated carbocycles. The van der Waals surface area contributed by atoms with Crippen LogP contribution in [0.1, 0.15) is 6.92 Å². The summed E-state index contributed by atoms with van der Waals surface area (Å²) in [5.74, 6) is 1.03. The standard InChI is InChI=1S/C20H19NO5/c1-12(22)26-19-16-10-9-15(25-4)11-17(16)21(2)20(23)18(19)13-5-7-14(24-3)8-6-13/h5-11H,1-4H3. The summed E-state index contributed by atoms with van der Waals surface area (Å²) >= 11 is 0. The molecule has 3 aromatic rings. The summed E-state index contributed by atoms with van der Waals surface area (Å²) < 4.78 is 17.4. The van der Waals surface area contributed by atoms with Crippen LogP contribution in [-0.4, -0.2) is 24.8 Å². The molecular formula is C20H19NO5. The number of hydrogen-bond acceptors (Lipinski definition) is 5. The Bertz CT molecular complexity index is 1030. The van der Waals surface area contributed by atoms with E-state index in [1.165, 1.54) is 11.5 Å². The van der Waals surface area contributed by atoms with Crippen LogP contribution in [0.15, 0.2) is 47.3 Å². The van der Waals surface area contributed by atoms with Gasteiger partial charge in [-0.2, -0.15) is 0 Å². The van der Waals surface area contributed by atoms with Crippen molar-refractivity contribution in [1.82, 2.24) is 4.57 Å². The zero-order valence-corrected chi connectivity index (χ0v) is 15.0. The second-order valence-electron chi connectivity index (χ2n) is 5.77. The van der Waals surface area contributed by atoms with E-state index in [1.54, 1.807) is 63.7 Å². The lowest BCUT2D eigenvalue weighted by atomic mass is 10.0. The summed E-state index contributed by atoms with van der Waals surface area (Å²) in [6.45, 7) is 1.31. The number of aromatic nitrogens is 1. The maximum atomic E-state index is 13.0. The first-order valence-corrected chi connectivity index (χ1v) is 8.00. The fraction of sp³-hybridized carbons (Fsp3) is 0.200. The van der Waals surface area contributed by atoms with Crippen molar-refractivity contribution in [3.05, 3.63) is 52.8 Å². The molecule has 0 saturated heterocycles. The van der Waals surface area contributed by atoms with Crippen LogP contribution >= 0.6 is 0 Å². The SMILES string of the molecule is COc1ccc(-c2c(OC(C)=O)c3ccc(OC)cc3n(C)c2=O)cc1. The average molecular weight is 353 g/mol. The quantitative estimate of drug-likeness (QED) is 0.674. The largest absolute Gasteiger partial charge is 0.497 e. The Hall–Kier alpha value is -3.28. The summed E-state index contributed by atoms with van der Waals surface area (Å²) in [7, 11) is 4.80. The molecule has 6 heteroatoms. The molecular weight excluding hydrogens is 334 g/mol. The van der Waals surface area contributed by atoms with E-state index in [9.17, 15) is 9.59 Å². The number of aryl methyl sites for hydroxylation is 1. The number of pyridine rings is 1. The van der Waals surface area contributed by atoms with E-state index in [0.717, 1.165) is 0 Å². The molecule has 0 aliphatic heterocycles. The molecule has 0 fully saturated rings. The average Bonchev–Trinajstić information content (AvgIpc) is 2.65. The monoisotopic (exact) mass is 353 g/mol. The number of fused-ring (bicyclic) bond motifs is 1. The third-order valence-electron chi connectivity index (χ3n) is 4.18. The number of ether oxygens (including phenoxy) is 3. The van der Waals surface area contributed by atoms with Gasteiger partial charge in [0.15, 0.2) is 5.75 Å². The van der Waals surface area contributed by atoms with Crippen molar-refractivity contribution < 1.29 is 19.0 Å². The van der Waals surface area contributed by atoms with Crippen molar-refractivity contribution >= 4 is 16.9 Å². The lowest BCUT2D eigenvalue weighted by Gasteiger charge is -2.16. The van der Waals surface area contributed by atoms with E-state index in [4.69, 9.17) is 14.2 Å². The first-order valence-electron chi connectivity index (χ1n) is 8.00. The molecule has 134 valence electrons. The number of rotatable bonds is 4. The smallest absolute Gasteiger partial charge is 0.308 e. The lowest BCUT2D eigenvalue weighted by Crippen LogP contribution is -2.21. The summed E-state index contributed by atoms with van der Waals surface area (Å²) in [6.07, 6.45) is 0. The first kappa shape index (κ1) is 17.5. The Morgan fingerprint density at radius 3 is 2.15 bits per heavy atom. The Labute approximate surface area is 150 Å². The molecule has 1 aromatic heterocycles. The molecule has 0 atom stereocenters. The summed E-state index contributed by atoms with van der Waals surface area (Å²) in [4.78, 5) is 24.7. The first-order chi connectivity index (χ1) is 12.5. The van der Waals surface area contributed by atoms with Gasteiger partial charge in [-0.25, -0.2) is 0 Å². The zero-order valence-electron chi connectivity index (χ0n) is 15.0. The highest BCUT2D eigenvalue weighted by molar-refractivity contribution is 5.95. The van der Waals surface area contributed by atoms with Crippen LogP contribution in [-0.2, 0) is 11.8 Å². The van der Waals surface area contributed by atoms with E-state index in [0.29, 0.717) is 33.5 Å². The van der Waals surface area contributed by atoms with Gasteiger partial charge in [-0.1, -0.05) is 12.1 Å². The predicted octanol–water partition coefficient (Wildman–Crippen LogP) is 3.15. The van der Waals surface area contributed by atoms with Crippen LogP contribution < -0.4 is 19.8 Å². The molecule has 3 rings (SSSR count). The number of esters is 1. The van der Waals surface area contributed by atoms with Crippen LogP contribution in [0.25, 0.3) is 22.0 Å². The number of methoxy groups -OCH3 is 2. The second kappa shape index (κ2) is 6.92. The van der Waals surface area contributed by atoms with E-state index in [2.05, 4.69) is 0 Å². The van der Waals surface area contributed by atoms with Crippen molar-refractivity contribution in [1.29, 1.82) is 0 Å². The van der Waals surface area contributed by atoms with Gasteiger partial charge in [-0.3, -0.25) is 9.59 Å². The molecule has 0 radical (unpaired) electrons. The van der Waals surface area contributed by atoms with Crippen molar-refractivity contribution in [2.45, 2.75) is 6.92 Å². The van der Waals surface area contributed by atoms with Gasteiger partial charge in [0.25, 0.3) is 5.56 Å². The maximum Gasteiger partial charge on any atom is 0.308 e. The van der Waals surface area contributed by atoms with Crippen molar-refractivity contribution in [2.24, 2.45) is 7.05 Å². The van der Waals surface area contributed by atoms with Crippen molar-refractivity contribution in [3.63, 3.8) is 0 Å². The highest BCUT2D eigenvalue weighted by Crippen LogP contribution is 2.36. The van der Waals surface area contributed by atoms with Gasteiger partial charge in [-0.15, -0.1) is 0 Å². The topological polar surface area (TPSA) is 66.8 Å². The van der Waals surface area contributed by atoms with Gasteiger partial charge in [0, 0.05) is 25.4 Å². The highest BCUT2D eigenvalue weighted by atomic mass is 16.5. The molecule has 0 unspecified atom stereocenters. The minimum Gasteiger partial charge on any atom is -0.497 e. The van der Waals surface area contributed by atoms with Gasteiger partial charge >= 0.3 is 5.97 Å². The Kier molecular flexibility index (Phi) is 4.67. The van der Waals surface area contributed by atoms with Crippen LogP contribution in [0.3, 0.4) is 0 Å². The van der Waals surface area contributed by atoms with Gasteiger partial charge < -0.3 is 18.8 Å². The van der Waals surface area contributed by atoms with Gasteiger partial charge in [-0.05, 0) is 29.8 Å². The van der Waals surface area contributed by atoms with Crippen molar-refractivity contribution in [3.8, 4) is 28.4 Å². The minimum atomic E-state index is -0.495. The Morgan fingerprint density at radius 1 is 0.962 bits per heavy atom. The lowest BCUT2D eigenvalue weighted by molar-refractivity contribution is -0.131. The number of hydrogen-bond donors (Lipinski definition) is 0. The normalized spacial score (nSPS) is 10.6. The second-order valence-corrected chi connectivity index (χ2v) is 5.77. The zero-order chi connectivity index (χ0) is 18.8. The van der Waals surface area contributed by atoms with Crippen LogP contribution in [0.5, 0.6) is 17.2 Å². The highest BCUT2D eigenvalue weighted by Gasteiger charge is 2.20. The maximum absolute atomic E-state index is 13.0. The minimum absolute atomic E-state index is 0.239. The predicted molar refractivity (Wildman–Crippen MR) is 99.0 cm³/mol. The third kappa shape index (κ3) is 3.01. The molecule has 0 amide bonds. The summed E-state index contributed by atoms with van der Waals surface area (Å²) in [6, 6.07) is 12.3. The van der Waals surface area contributed by atoms with Gasteiger partial charge in [0.1, 0.15) is 11.5 Å². The summed E-state index contributed by atoms with van der Waals surface area (Å²) in [5, 5.41) is 0.647. The van der Waals surface area contributed by atoms with Gasteiger partial charge in [0.05, 0.1) is 25.3 Å². The molecule has 0 N–H and O–H groups in total. The van der Waals surface area contributed by atoms with E-state index in [-0.39, 0.29) is 11.3 Å². The molecule has 6 nitrogen and oxygen atoms in total. The molecule has 0 bridgehead atoms. The van der Waals surface area contributed by atoms with Gasteiger partial charge in [0.2, 0.25) is 0 Å². The Morgan fingerprint density at radius 2 is 1.58 bits per heavy atom. The van der Waals surface area contributed by atoms with E-state index in [1.807, 2.05) is 0 Å². The molecule has 0 spiro atoms. The fourth-order valence-corrected chi connectivity index (χ4v) is 2.88. The molecule has 0 aliphatic carbocycles. The number of benzene rings is 2. The number of carbonyl (C=O) groups excluding carboxylic acids is 1. The third-order valence-corrected chi connectivity index (χ3v) is 4.18. The van der Waals surface area contributed by atoms with Crippen LogP contribution in [0.4, 0.5) is 0 Å².